The number of Topliss-reactive ketones (excluding diaryl/α,β-unsaturated/α-hetero) is 1. The predicted molar refractivity (Wildman–Crippen MR) is 77.5 cm³/mol. The van der Waals surface area contributed by atoms with Crippen molar-refractivity contribution in [1.82, 2.24) is 0 Å². The molecule has 96 valence electrons. The number of carbonyl (C=O) groups excluding carboxylic acids is 1. The third-order valence-corrected chi connectivity index (χ3v) is 3.01. The fraction of sp³-hybridized carbons (Fsp3) is 0.0625. The molecule has 2 aromatic carbocycles. The summed E-state index contributed by atoms with van der Waals surface area (Å²) in [5, 5.41) is 10.3. The minimum absolute atomic E-state index is 0.00337. The zero-order valence-corrected chi connectivity index (χ0v) is 11.2. The summed E-state index contributed by atoms with van der Waals surface area (Å²) in [7, 11) is 0. The molecular weight excluding hydrogens is 260 g/mol. The lowest BCUT2D eigenvalue weighted by Crippen LogP contribution is -2.00. The first-order chi connectivity index (χ1) is 9.08. The van der Waals surface area contributed by atoms with Gasteiger partial charge in [0, 0.05) is 5.02 Å². The van der Waals surface area contributed by atoms with Gasteiger partial charge in [-0.25, -0.2) is 0 Å². The zero-order valence-electron chi connectivity index (χ0n) is 10.4. The Balaban J connectivity index is 2.29. The van der Waals surface area contributed by atoms with Crippen LogP contribution in [0.4, 0.5) is 0 Å². The number of allylic oxidation sites excluding steroid dienone is 1. The SMILES string of the molecule is C/C(=C\c1ccc(Cl)cc1)C(=O)c1ccccc1O. The summed E-state index contributed by atoms with van der Waals surface area (Å²) in [6.07, 6.45) is 1.77. The monoisotopic (exact) mass is 272 g/mol. The molecule has 2 nitrogen and oxygen atoms in total. The fourth-order valence-electron chi connectivity index (χ4n) is 1.75. The quantitative estimate of drug-likeness (QED) is 0.667. The van der Waals surface area contributed by atoms with Gasteiger partial charge < -0.3 is 5.11 Å². The van der Waals surface area contributed by atoms with E-state index in [1.54, 1.807) is 43.3 Å². The average molecular weight is 273 g/mol. The minimum atomic E-state index is -0.187. The number of benzene rings is 2. The molecule has 2 aromatic rings. The number of para-hydroxylation sites is 1. The first-order valence-corrected chi connectivity index (χ1v) is 6.22. The van der Waals surface area contributed by atoms with E-state index in [1.807, 2.05) is 12.1 Å². The Morgan fingerprint density at radius 2 is 1.74 bits per heavy atom. The molecule has 2 rings (SSSR count). The molecule has 0 fully saturated rings. The molecule has 0 aliphatic heterocycles. The van der Waals surface area contributed by atoms with Gasteiger partial charge in [-0.2, -0.15) is 0 Å². The van der Waals surface area contributed by atoms with Crippen LogP contribution in [0.1, 0.15) is 22.8 Å². The largest absolute Gasteiger partial charge is 0.507 e. The highest BCUT2D eigenvalue weighted by Gasteiger charge is 2.11. The van der Waals surface area contributed by atoms with Crippen molar-refractivity contribution in [2.75, 3.05) is 0 Å². The van der Waals surface area contributed by atoms with Crippen molar-refractivity contribution in [3.05, 3.63) is 70.3 Å². The molecule has 19 heavy (non-hydrogen) atoms. The van der Waals surface area contributed by atoms with Gasteiger partial charge in [0.1, 0.15) is 5.75 Å². The summed E-state index contributed by atoms with van der Waals surface area (Å²) < 4.78 is 0. The Hall–Kier alpha value is -2.06. The van der Waals surface area contributed by atoms with Crippen molar-refractivity contribution in [1.29, 1.82) is 0 Å². The lowest BCUT2D eigenvalue weighted by molar-refractivity contribution is 0.103. The van der Waals surface area contributed by atoms with Gasteiger partial charge in [-0.3, -0.25) is 4.79 Å². The van der Waals surface area contributed by atoms with Crippen LogP contribution in [0.25, 0.3) is 6.08 Å². The van der Waals surface area contributed by atoms with E-state index in [1.165, 1.54) is 6.07 Å². The maximum absolute atomic E-state index is 12.2. The molecule has 0 saturated heterocycles. The lowest BCUT2D eigenvalue weighted by Gasteiger charge is -2.04. The molecule has 0 heterocycles. The van der Waals surface area contributed by atoms with E-state index < -0.39 is 0 Å². The van der Waals surface area contributed by atoms with Crippen LogP contribution < -0.4 is 0 Å². The van der Waals surface area contributed by atoms with E-state index in [4.69, 9.17) is 11.6 Å². The van der Waals surface area contributed by atoms with Gasteiger partial charge >= 0.3 is 0 Å². The Kier molecular flexibility index (Phi) is 4.03. The van der Waals surface area contributed by atoms with Gasteiger partial charge in [0.25, 0.3) is 0 Å². The molecule has 0 aliphatic carbocycles. The number of phenolic OH excluding ortho intramolecular Hbond substituents is 1. The van der Waals surface area contributed by atoms with Crippen LogP contribution in [0.2, 0.25) is 5.02 Å². The number of halogens is 1. The summed E-state index contributed by atoms with van der Waals surface area (Å²) >= 11 is 5.81. The van der Waals surface area contributed by atoms with Crippen LogP contribution in [-0.2, 0) is 0 Å². The fourth-order valence-corrected chi connectivity index (χ4v) is 1.88. The second-order valence-corrected chi connectivity index (χ2v) is 4.66. The topological polar surface area (TPSA) is 37.3 Å². The zero-order chi connectivity index (χ0) is 13.8. The van der Waals surface area contributed by atoms with Crippen molar-refractivity contribution in [2.45, 2.75) is 6.92 Å². The van der Waals surface area contributed by atoms with Crippen molar-refractivity contribution in [3.8, 4) is 5.75 Å². The molecule has 1 N–H and O–H groups in total. The highest BCUT2D eigenvalue weighted by Crippen LogP contribution is 2.21. The first-order valence-electron chi connectivity index (χ1n) is 5.84. The second-order valence-electron chi connectivity index (χ2n) is 4.23. The van der Waals surface area contributed by atoms with Gasteiger partial charge in [0.15, 0.2) is 5.78 Å². The van der Waals surface area contributed by atoms with Crippen LogP contribution in [-0.4, -0.2) is 10.9 Å². The van der Waals surface area contributed by atoms with Gasteiger partial charge in [-0.15, -0.1) is 0 Å². The van der Waals surface area contributed by atoms with Crippen LogP contribution in [0.15, 0.2) is 54.1 Å². The third kappa shape index (κ3) is 3.24. The summed E-state index contributed by atoms with van der Waals surface area (Å²) in [6, 6.07) is 13.7. The Morgan fingerprint density at radius 3 is 2.37 bits per heavy atom. The smallest absolute Gasteiger partial charge is 0.192 e. The Bertz CT molecular complexity index is 627. The molecule has 0 amide bonds. The molecule has 0 unspecified atom stereocenters. The standard InChI is InChI=1S/C16H13ClO2/c1-11(10-12-6-8-13(17)9-7-12)16(19)14-4-2-3-5-15(14)18/h2-10,18H,1H3/b11-10+. The van der Waals surface area contributed by atoms with E-state index in [0.717, 1.165) is 5.56 Å². The Labute approximate surface area is 117 Å². The number of rotatable bonds is 3. The number of phenols is 1. The summed E-state index contributed by atoms with van der Waals surface area (Å²) in [5.41, 5.74) is 1.76. The molecule has 0 atom stereocenters. The summed E-state index contributed by atoms with van der Waals surface area (Å²) in [4.78, 5) is 12.2. The molecule has 0 saturated carbocycles. The van der Waals surface area contributed by atoms with Gasteiger partial charge in [0.2, 0.25) is 0 Å². The number of ketones is 1. The number of hydrogen-bond acceptors (Lipinski definition) is 2. The van der Waals surface area contributed by atoms with Crippen molar-refractivity contribution in [3.63, 3.8) is 0 Å². The second kappa shape index (κ2) is 5.72. The van der Waals surface area contributed by atoms with E-state index in [9.17, 15) is 9.90 Å². The van der Waals surface area contributed by atoms with Crippen LogP contribution in [0.3, 0.4) is 0 Å². The van der Waals surface area contributed by atoms with E-state index >= 15 is 0 Å². The van der Waals surface area contributed by atoms with Crippen molar-refractivity contribution < 1.29 is 9.90 Å². The third-order valence-electron chi connectivity index (χ3n) is 2.76. The average Bonchev–Trinajstić information content (AvgIpc) is 2.41. The number of carbonyl (C=O) groups is 1. The Morgan fingerprint density at radius 1 is 1.11 bits per heavy atom. The van der Waals surface area contributed by atoms with Gasteiger partial charge in [0.05, 0.1) is 5.56 Å². The first kappa shape index (κ1) is 13.4. The maximum Gasteiger partial charge on any atom is 0.192 e. The van der Waals surface area contributed by atoms with Gasteiger partial charge in [-0.1, -0.05) is 35.9 Å². The highest BCUT2D eigenvalue weighted by atomic mass is 35.5. The van der Waals surface area contributed by atoms with Crippen molar-refractivity contribution >= 4 is 23.5 Å². The normalized spacial score (nSPS) is 11.4. The molecule has 3 heteroatoms. The van der Waals surface area contributed by atoms with Crippen molar-refractivity contribution in [2.24, 2.45) is 0 Å². The number of aromatic hydroxyl groups is 1. The summed E-state index contributed by atoms with van der Waals surface area (Å²) in [5.74, 6) is -0.190. The van der Waals surface area contributed by atoms with Crippen LogP contribution in [0, 0.1) is 0 Å². The molecule has 0 spiro atoms. The molecule has 0 aromatic heterocycles. The minimum Gasteiger partial charge on any atom is -0.507 e. The van der Waals surface area contributed by atoms with E-state index in [0.29, 0.717) is 16.2 Å². The highest BCUT2D eigenvalue weighted by molar-refractivity contribution is 6.30. The van der Waals surface area contributed by atoms with Crippen LogP contribution in [0.5, 0.6) is 5.75 Å². The summed E-state index contributed by atoms with van der Waals surface area (Å²) in [6.45, 7) is 1.73. The van der Waals surface area contributed by atoms with Crippen LogP contribution >= 0.6 is 11.6 Å². The maximum atomic E-state index is 12.2. The van der Waals surface area contributed by atoms with E-state index in [2.05, 4.69) is 0 Å². The van der Waals surface area contributed by atoms with E-state index in [-0.39, 0.29) is 11.5 Å². The molecular formula is C16H13ClO2. The lowest BCUT2D eigenvalue weighted by atomic mass is 10.0. The molecule has 0 bridgehead atoms. The molecule has 0 radical (unpaired) electrons. The van der Waals surface area contributed by atoms with Gasteiger partial charge in [-0.05, 0) is 48.4 Å². The predicted octanol–water partition coefficient (Wildman–Crippen LogP) is 4.33. The molecule has 0 aliphatic rings. The number of hydrogen-bond donors (Lipinski definition) is 1.